The Hall–Kier alpha value is -1.44. The Morgan fingerprint density at radius 2 is 2.05 bits per heavy atom. The molecule has 2 rings (SSSR count). The highest BCUT2D eigenvalue weighted by Gasteiger charge is 2.39. The maximum atomic E-state index is 12.3. The van der Waals surface area contributed by atoms with Crippen LogP contribution in [0.15, 0.2) is 29.2 Å². The van der Waals surface area contributed by atoms with Gasteiger partial charge in [-0.15, -0.1) is 0 Å². The van der Waals surface area contributed by atoms with Gasteiger partial charge in [0.15, 0.2) is 0 Å². The highest BCUT2D eigenvalue weighted by molar-refractivity contribution is 7.89. The van der Waals surface area contributed by atoms with Crippen LogP contribution >= 0.6 is 0 Å². The Morgan fingerprint density at radius 1 is 1.38 bits per heavy atom. The van der Waals surface area contributed by atoms with Crippen molar-refractivity contribution in [3.63, 3.8) is 0 Å². The molecule has 1 fully saturated rings. The minimum atomic E-state index is -3.67. The molecule has 1 unspecified atom stereocenters. The molecule has 0 spiro atoms. The van der Waals surface area contributed by atoms with Gasteiger partial charge in [-0.2, -0.15) is 0 Å². The number of carbonyl (C=O) groups is 1. The van der Waals surface area contributed by atoms with Crippen LogP contribution < -0.4 is 15.8 Å². The molecule has 0 aromatic heterocycles. The van der Waals surface area contributed by atoms with Crippen molar-refractivity contribution in [3.8, 4) is 0 Å². The summed E-state index contributed by atoms with van der Waals surface area (Å²) in [6, 6.07) is 6.21. The molecule has 1 aliphatic rings. The van der Waals surface area contributed by atoms with Gasteiger partial charge in [0.25, 0.3) is 0 Å². The van der Waals surface area contributed by atoms with Gasteiger partial charge in [-0.3, -0.25) is 4.79 Å². The van der Waals surface area contributed by atoms with Crippen molar-refractivity contribution in [1.82, 2.24) is 10.6 Å². The summed E-state index contributed by atoms with van der Waals surface area (Å²) in [7, 11) is -3.67. The first-order valence-electron chi connectivity index (χ1n) is 6.98. The zero-order valence-electron chi connectivity index (χ0n) is 12.1. The molecule has 7 heteroatoms. The zero-order valence-corrected chi connectivity index (χ0v) is 12.9. The molecule has 1 heterocycles. The van der Waals surface area contributed by atoms with E-state index in [1.54, 1.807) is 12.1 Å². The summed E-state index contributed by atoms with van der Waals surface area (Å²) >= 11 is 0. The molecule has 0 radical (unpaired) electrons. The van der Waals surface area contributed by atoms with Crippen molar-refractivity contribution in [2.24, 2.45) is 10.6 Å². The molecule has 1 atom stereocenters. The highest BCUT2D eigenvalue weighted by atomic mass is 32.2. The molecule has 0 saturated carbocycles. The largest absolute Gasteiger partial charge is 0.352 e. The van der Waals surface area contributed by atoms with E-state index in [4.69, 9.17) is 5.14 Å². The lowest BCUT2D eigenvalue weighted by molar-refractivity contribution is -0.130. The molecule has 4 N–H and O–H groups in total. The maximum Gasteiger partial charge on any atom is 0.238 e. The average Bonchev–Trinajstić information content (AvgIpc) is 2.94. The van der Waals surface area contributed by atoms with Crippen molar-refractivity contribution in [3.05, 3.63) is 29.8 Å². The van der Waals surface area contributed by atoms with E-state index in [0.29, 0.717) is 13.1 Å². The van der Waals surface area contributed by atoms with E-state index in [-0.39, 0.29) is 16.2 Å². The van der Waals surface area contributed by atoms with Gasteiger partial charge in [0, 0.05) is 13.1 Å². The summed E-state index contributed by atoms with van der Waals surface area (Å²) in [5.74, 6) is 0.0468. The number of nitrogens with two attached hydrogens (primary N) is 1. The molecular weight excluding hydrogens is 290 g/mol. The van der Waals surface area contributed by atoms with E-state index in [0.717, 1.165) is 24.9 Å². The fraction of sp³-hybridized carbons (Fsp3) is 0.500. The van der Waals surface area contributed by atoms with Crippen LogP contribution in [0, 0.1) is 5.41 Å². The maximum absolute atomic E-state index is 12.3. The number of amides is 1. The van der Waals surface area contributed by atoms with Crippen LogP contribution in [0.1, 0.15) is 25.3 Å². The van der Waals surface area contributed by atoms with Gasteiger partial charge < -0.3 is 10.6 Å². The lowest BCUT2D eigenvalue weighted by Gasteiger charge is -2.25. The molecule has 21 heavy (non-hydrogen) atoms. The molecule has 0 bridgehead atoms. The van der Waals surface area contributed by atoms with E-state index >= 15 is 0 Å². The second kappa shape index (κ2) is 6.13. The Kier molecular flexibility index (Phi) is 4.65. The molecule has 0 aliphatic carbocycles. The van der Waals surface area contributed by atoms with Gasteiger partial charge in [0.05, 0.1) is 10.3 Å². The van der Waals surface area contributed by atoms with Gasteiger partial charge >= 0.3 is 0 Å². The standard InChI is InChI=1S/C14H21N3O3S/c1-2-14(7-8-16-10-14)13(18)17-9-11-3-5-12(6-4-11)21(15,19)20/h3-6,16H,2,7-10H2,1H3,(H,17,18)(H2,15,19,20). The van der Waals surface area contributed by atoms with Gasteiger partial charge in [-0.25, -0.2) is 13.6 Å². The number of benzene rings is 1. The van der Waals surface area contributed by atoms with Crippen LogP contribution in [0.25, 0.3) is 0 Å². The van der Waals surface area contributed by atoms with E-state index in [9.17, 15) is 13.2 Å². The third-order valence-electron chi connectivity index (χ3n) is 4.11. The Bertz CT molecular complexity index is 605. The molecule has 1 aromatic carbocycles. The predicted octanol–water partition coefficient (Wildman–Crippen LogP) is 0.340. The van der Waals surface area contributed by atoms with Crippen LogP contribution in [-0.2, 0) is 21.4 Å². The van der Waals surface area contributed by atoms with Gasteiger partial charge in [0.2, 0.25) is 15.9 Å². The molecule has 1 aliphatic heterocycles. The molecule has 6 nitrogen and oxygen atoms in total. The monoisotopic (exact) mass is 311 g/mol. The van der Waals surface area contributed by atoms with Crippen molar-refractivity contribution in [1.29, 1.82) is 0 Å². The van der Waals surface area contributed by atoms with E-state index in [1.165, 1.54) is 12.1 Å². The van der Waals surface area contributed by atoms with Gasteiger partial charge in [-0.05, 0) is 37.1 Å². The average molecular weight is 311 g/mol. The van der Waals surface area contributed by atoms with Crippen molar-refractivity contribution < 1.29 is 13.2 Å². The first-order chi connectivity index (χ1) is 9.87. The molecule has 1 amide bonds. The number of primary sulfonamides is 1. The number of rotatable bonds is 5. The van der Waals surface area contributed by atoms with Gasteiger partial charge in [0.1, 0.15) is 0 Å². The van der Waals surface area contributed by atoms with Crippen molar-refractivity contribution >= 4 is 15.9 Å². The minimum Gasteiger partial charge on any atom is -0.352 e. The van der Waals surface area contributed by atoms with Crippen molar-refractivity contribution in [2.45, 2.75) is 31.2 Å². The summed E-state index contributed by atoms with van der Waals surface area (Å²) in [6.45, 7) is 3.98. The minimum absolute atomic E-state index is 0.0468. The van der Waals surface area contributed by atoms with E-state index < -0.39 is 10.0 Å². The zero-order chi connectivity index (χ0) is 15.5. The molecule has 1 aromatic rings. The summed E-state index contributed by atoms with van der Waals surface area (Å²) in [6.07, 6.45) is 1.65. The Morgan fingerprint density at radius 3 is 2.52 bits per heavy atom. The smallest absolute Gasteiger partial charge is 0.238 e. The van der Waals surface area contributed by atoms with Crippen LogP contribution in [0.4, 0.5) is 0 Å². The highest BCUT2D eigenvalue weighted by Crippen LogP contribution is 2.29. The summed E-state index contributed by atoms with van der Waals surface area (Å²) in [5.41, 5.74) is 0.522. The van der Waals surface area contributed by atoms with Crippen LogP contribution in [0.5, 0.6) is 0 Å². The van der Waals surface area contributed by atoms with Crippen molar-refractivity contribution in [2.75, 3.05) is 13.1 Å². The second-order valence-corrected chi connectivity index (χ2v) is 6.99. The lowest BCUT2D eigenvalue weighted by Crippen LogP contribution is -2.41. The van der Waals surface area contributed by atoms with Gasteiger partial charge in [-0.1, -0.05) is 19.1 Å². The van der Waals surface area contributed by atoms with Crippen LogP contribution in [0.3, 0.4) is 0 Å². The Balaban J connectivity index is 1.98. The quantitative estimate of drug-likeness (QED) is 0.730. The van der Waals surface area contributed by atoms with E-state index in [1.807, 2.05) is 6.92 Å². The fourth-order valence-electron chi connectivity index (χ4n) is 2.57. The first kappa shape index (κ1) is 15.9. The van der Waals surface area contributed by atoms with E-state index in [2.05, 4.69) is 10.6 Å². The summed E-state index contributed by atoms with van der Waals surface area (Å²) in [5, 5.41) is 11.2. The molecule has 1 saturated heterocycles. The topological polar surface area (TPSA) is 101 Å². The number of hydrogen-bond donors (Lipinski definition) is 3. The molecule has 116 valence electrons. The number of carbonyl (C=O) groups excluding carboxylic acids is 1. The normalized spacial score (nSPS) is 22.2. The third kappa shape index (κ3) is 3.61. The first-order valence-corrected chi connectivity index (χ1v) is 8.53. The number of hydrogen-bond acceptors (Lipinski definition) is 4. The lowest BCUT2D eigenvalue weighted by atomic mass is 9.83. The van der Waals surface area contributed by atoms with Crippen LogP contribution in [0.2, 0.25) is 0 Å². The Labute approximate surface area is 125 Å². The molecular formula is C14H21N3O3S. The predicted molar refractivity (Wildman–Crippen MR) is 79.9 cm³/mol. The number of sulfonamides is 1. The summed E-state index contributed by atoms with van der Waals surface area (Å²) < 4.78 is 22.3. The second-order valence-electron chi connectivity index (χ2n) is 5.43. The third-order valence-corrected chi connectivity index (χ3v) is 5.04. The van der Waals surface area contributed by atoms with Crippen LogP contribution in [-0.4, -0.2) is 27.4 Å². The summed E-state index contributed by atoms with van der Waals surface area (Å²) in [4.78, 5) is 12.4. The fourth-order valence-corrected chi connectivity index (χ4v) is 3.08. The SMILES string of the molecule is CCC1(C(=O)NCc2ccc(S(N)(=O)=O)cc2)CCNC1. The number of nitrogens with one attached hydrogen (secondary N) is 2.